The largest absolute Gasteiger partial charge is 0.308 e. The number of nitrogens with zero attached hydrogens (tertiary/aromatic N) is 1. The van der Waals surface area contributed by atoms with Gasteiger partial charge in [0.2, 0.25) is 0 Å². The van der Waals surface area contributed by atoms with E-state index in [0.717, 1.165) is 12.5 Å². The molecule has 1 saturated heterocycles. The maximum Gasteiger partial charge on any atom is 0.0473 e. The number of rotatable bonds is 3. The third kappa shape index (κ3) is 2.51. The summed E-state index contributed by atoms with van der Waals surface area (Å²) >= 11 is 0. The van der Waals surface area contributed by atoms with Crippen LogP contribution in [-0.2, 0) is 0 Å². The van der Waals surface area contributed by atoms with Gasteiger partial charge in [0.25, 0.3) is 0 Å². The van der Waals surface area contributed by atoms with Gasteiger partial charge in [-0.25, -0.2) is 0 Å². The molecule has 3 fully saturated rings. The van der Waals surface area contributed by atoms with E-state index in [1.807, 2.05) is 0 Å². The van der Waals surface area contributed by atoms with E-state index < -0.39 is 0 Å². The van der Waals surface area contributed by atoms with Crippen LogP contribution in [0.5, 0.6) is 0 Å². The Morgan fingerprint density at radius 1 is 1.10 bits per heavy atom. The zero-order valence-electron chi connectivity index (χ0n) is 12.4. The zero-order chi connectivity index (χ0) is 13.4. The van der Waals surface area contributed by atoms with Gasteiger partial charge in [-0.05, 0) is 37.2 Å². The number of hydrogen-bond donors (Lipinski definition) is 1. The van der Waals surface area contributed by atoms with Crippen LogP contribution in [0.25, 0.3) is 0 Å². The van der Waals surface area contributed by atoms with Gasteiger partial charge >= 0.3 is 0 Å². The maximum absolute atomic E-state index is 3.93. The first-order valence-corrected chi connectivity index (χ1v) is 8.39. The molecule has 0 amide bonds. The van der Waals surface area contributed by atoms with Crippen LogP contribution in [0.2, 0.25) is 0 Å². The topological polar surface area (TPSA) is 15.3 Å². The molecule has 1 aromatic carbocycles. The van der Waals surface area contributed by atoms with E-state index in [9.17, 15) is 0 Å². The summed E-state index contributed by atoms with van der Waals surface area (Å²) in [5.41, 5.74) is 1.94. The highest BCUT2D eigenvalue weighted by Gasteiger charge is 2.42. The van der Waals surface area contributed by atoms with Crippen molar-refractivity contribution in [1.29, 1.82) is 0 Å². The molecule has 1 spiro atoms. The summed E-state index contributed by atoms with van der Waals surface area (Å²) in [4.78, 5) is 2.80. The molecule has 0 radical (unpaired) electrons. The summed E-state index contributed by atoms with van der Waals surface area (Å²) in [6, 6.07) is 11.7. The molecule has 3 aliphatic rings. The smallest absolute Gasteiger partial charge is 0.0473 e. The lowest BCUT2D eigenvalue weighted by Crippen LogP contribution is -2.60. The summed E-state index contributed by atoms with van der Waals surface area (Å²) in [7, 11) is 0. The van der Waals surface area contributed by atoms with Crippen molar-refractivity contribution < 1.29 is 0 Å². The Hall–Kier alpha value is -0.860. The molecule has 1 aromatic rings. The van der Waals surface area contributed by atoms with E-state index in [-0.39, 0.29) is 0 Å². The minimum absolute atomic E-state index is 0.445. The van der Waals surface area contributed by atoms with Crippen molar-refractivity contribution in [3.05, 3.63) is 35.9 Å². The first-order valence-electron chi connectivity index (χ1n) is 8.39. The molecule has 0 bridgehead atoms. The quantitative estimate of drug-likeness (QED) is 0.906. The molecule has 2 aliphatic carbocycles. The van der Waals surface area contributed by atoms with Crippen LogP contribution >= 0.6 is 0 Å². The second kappa shape index (κ2) is 5.16. The lowest BCUT2D eigenvalue weighted by Gasteiger charge is -2.46. The van der Waals surface area contributed by atoms with Gasteiger partial charge in [-0.1, -0.05) is 43.2 Å². The maximum atomic E-state index is 3.93. The normalized spacial score (nSPS) is 29.9. The Labute approximate surface area is 122 Å². The van der Waals surface area contributed by atoms with Crippen LogP contribution in [0.1, 0.15) is 50.1 Å². The van der Waals surface area contributed by atoms with Crippen molar-refractivity contribution in [3.8, 4) is 0 Å². The van der Waals surface area contributed by atoms with Gasteiger partial charge in [0.15, 0.2) is 0 Å². The summed E-state index contributed by atoms with van der Waals surface area (Å²) in [5, 5.41) is 3.93. The van der Waals surface area contributed by atoms with E-state index >= 15 is 0 Å². The van der Waals surface area contributed by atoms with E-state index in [4.69, 9.17) is 0 Å². The van der Waals surface area contributed by atoms with E-state index in [2.05, 4.69) is 40.5 Å². The van der Waals surface area contributed by atoms with Gasteiger partial charge in [-0.2, -0.15) is 0 Å². The van der Waals surface area contributed by atoms with Gasteiger partial charge in [0.05, 0.1) is 0 Å². The molecule has 2 nitrogen and oxygen atoms in total. The lowest BCUT2D eigenvalue weighted by molar-refractivity contribution is 0.0759. The third-order valence-corrected chi connectivity index (χ3v) is 5.55. The van der Waals surface area contributed by atoms with Gasteiger partial charge in [0, 0.05) is 31.2 Å². The Morgan fingerprint density at radius 3 is 2.55 bits per heavy atom. The molecule has 1 heterocycles. The van der Waals surface area contributed by atoms with Crippen molar-refractivity contribution in [2.45, 2.75) is 50.1 Å². The fraction of sp³-hybridized carbons (Fsp3) is 0.667. The summed E-state index contributed by atoms with van der Waals surface area (Å²) in [5.74, 6) is 0.984. The molecule has 2 heteroatoms. The summed E-state index contributed by atoms with van der Waals surface area (Å²) < 4.78 is 0. The van der Waals surface area contributed by atoms with Crippen LogP contribution in [0.4, 0.5) is 0 Å². The summed E-state index contributed by atoms with van der Waals surface area (Å²) in [6.07, 6.45) is 8.52. The highest BCUT2D eigenvalue weighted by molar-refractivity contribution is 5.21. The first-order chi connectivity index (χ1) is 9.85. The Bertz CT molecular complexity index is 446. The zero-order valence-corrected chi connectivity index (χ0v) is 12.4. The van der Waals surface area contributed by atoms with Gasteiger partial charge in [-0.15, -0.1) is 0 Å². The SMILES string of the molecule is c1ccc(C2CNC3(CCCC3)CN2CC2CC2)cc1. The molecule has 4 rings (SSSR count). The molecule has 2 saturated carbocycles. The third-order valence-electron chi connectivity index (χ3n) is 5.55. The molecule has 108 valence electrons. The number of hydrogen-bond acceptors (Lipinski definition) is 2. The Morgan fingerprint density at radius 2 is 1.85 bits per heavy atom. The number of nitrogens with one attached hydrogen (secondary N) is 1. The standard InChI is InChI=1S/C18H26N2/c1-2-6-16(7-3-1)17-12-19-18(10-4-5-11-18)14-20(17)13-15-8-9-15/h1-3,6-7,15,17,19H,4-5,8-14H2. The number of benzene rings is 1. The van der Waals surface area contributed by atoms with Crippen LogP contribution in [0.3, 0.4) is 0 Å². The highest BCUT2D eigenvalue weighted by atomic mass is 15.3. The highest BCUT2D eigenvalue weighted by Crippen LogP contribution is 2.39. The van der Waals surface area contributed by atoms with E-state index in [1.165, 1.54) is 57.2 Å². The fourth-order valence-corrected chi connectivity index (χ4v) is 4.21. The van der Waals surface area contributed by atoms with E-state index in [0.29, 0.717) is 11.6 Å². The Kier molecular flexibility index (Phi) is 3.31. The predicted octanol–water partition coefficient (Wildman–Crippen LogP) is 3.36. The fourth-order valence-electron chi connectivity index (χ4n) is 4.21. The molecular weight excluding hydrogens is 244 g/mol. The van der Waals surface area contributed by atoms with Gasteiger partial charge in [-0.3, -0.25) is 4.90 Å². The predicted molar refractivity (Wildman–Crippen MR) is 82.7 cm³/mol. The molecule has 1 atom stereocenters. The van der Waals surface area contributed by atoms with Gasteiger partial charge in [0.1, 0.15) is 0 Å². The lowest BCUT2D eigenvalue weighted by atomic mass is 9.90. The monoisotopic (exact) mass is 270 g/mol. The molecule has 1 aliphatic heterocycles. The molecular formula is C18H26N2. The minimum Gasteiger partial charge on any atom is -0.308 e. The van der Waals surface area contributed by atoms with Crippen molar-refractivity contribution in [2.75, 3.05) is 19.6 Å². The molecule has 20 heavy (non-hydrogen) atoms. The Balaban J connectivity index is 1.55. The van der Waals surface area contributed by atoms with Crippen molar-refractivity contribution in [1.82, 2.24) is 10.2 Å². The molecule has 1 unspecified atom stereocenters. The van der Waals surface area contributed by atoms with Crippen LogP contribution in [-0.4, -0.2) is 30.1 Å². The van der Waals surface area contributed by atoms with Crippen molar-refractivity contribution in [2.24, 2.45) is 5.92 Å². The number of piperazine rings is 1. The van der Waals surface area contributed by atoms with Crippen LogP contribution in [0, 0.1) is 5.92 Å². The molecule has 0 aromatic heterocycles. The summed E-state index contributed by atoms with van der Waals surface area (Å²) in [6.45, 7) is 3.72. The van der Waals surface area contributed by atoms with Crippen molar-refractivity contribution >= 4 is 0 Å². The van der Waals surface area contributed by atoms with Crippen LogP contribution in [0.15, 0.2) is 30.3 Å². The average Bonchev–Trinajstić information content (AvgIpc) is 3.19. The average molecular weight is 270 g/mol. The second-order valence-electron chi connectivity index (χ2n) is 7.17. The van der Waals surface area contributed by atoms with E-state index in [1.54, 1.807) is 0 Å². The first kappa shape index (κ1) is 12.8. The molecule has 1 N–H and O–H groups in total. The van der Waals surface area contributed by atoms with Gasteiger partial charge < -0.3 is 5.32 Å². The second-order valence-corrected chi connectivity index (χ2v) is 7.17. The minimum atomic E-state index is 0.445. The van der Waals surface area contributed by atoms with Crippen molar-refractivity contribution in [3.63, 3.8) is 0 Å². The van der Waals surface area contributed by atoms with Crippen LogP contribution < -0.4 is 5.32 Å².